The molecule has 0 radical (unpaired) electrons. The number of allylic oxidation sites excluding steroid dienone is 1. The van der Waals surface area contributed by atoms with Crippen molar-refractivity contribution in [3.8, 4) is 0 Å². The van der Waals surface area contributed by atoms with E-state index in [0.29, 0.717) is 0 Å². The highest BCUT2D eigenvalue weighted by molar-refractivity contribution is 5.71. The van der Waals surface area contributed by atoms with E-state index in [4.69, 9.17) is 4.74 Å². The zero-order chi connectivity index (χ0) is 13.5. The third-order valence-corrected chi connectivity index (χ3v) is 3.04. The van der Waals surface area contributed by atoms with Crippen molar-refractivity contribution in [3.63, 3.8) is 0 Å². The van der Waals surface area contributed by atoms with Gasteiger partial charge in [0.15, 0.2) is 0 Å². The molecule has 0 aromatic heterocycles. The summed E-state index contributed by atoms with van der Waals surface area (Å²) in [6, 6.07) is 8.50. The highest BCUT2D eigenvalue weighted by atomic mass is 16.5. The number of hydrogen-bond donors (Lipinski definition) is 0. The highest BCUT2D eigenvalue weighted by Crippen LogP contribution is 2.24. The summed E-state index contributed by atoms with van der Waals surface area (Å²) < 4.78 is 5.68. The molecule has 0 saturated carbocycles. The van der Waals surface area contributed by atoms with Gasteiger partial charge in [0.05, 0.1) is 6.10 Å². The standard InChI is InChI=1S/C16H25NO/c1-6-9-15(16(18-5)12-17(3)4)14-11-8-7-10-13(14)2/h7-11,16H,6,12H2,1-5H3/b15-9+. The Morgan fingerprint density at radius 3 is 2.50 bits per heavy atom. The van der Waals surface area contributed by atoms with E-state index in [0.717, 1.165) is 13.0 Å². The lowest BCUT2D eigenvalue weighted by Crippen LogP contribution is -2.28. The second kappa shape index (κ2) is 7.34. The highest BCUT2D eigenvalue weighted by Gasteiger charge is 2.17. The number of nitrogens with zero attached hydrogens (tertiary/aromatic N) is 1. The van der Waals surface area contributed by atoms with E-state index in [1.807, 2.05) is 0 Å². The molecule has 1 aromatic carbocycles. The van der Waals surface area contributed by atoms with Crippen LogP contribution in [0.4, 0.5) is 0 Å². The van der Waals surface area contributed by atoms with E-state index >= 15 is 0 Å². The van der Waals surface area contributed by atoms with Gasteiger partial charge in [-0.05, 0) is 44.1 Å². The van der Waals surface area contributed by atoms with Crippen LogP contribution in [-0.4, -0.2) is 38.8 Å². The predicted octanol–water partition coefficient (Wildman–Crippen LogP) is 3.37. The Balaban J connectivity index is 3.09. The van der Waals surface area contributed by atoms with Crippen molar-refractivity contribution in [2.45, 2.75) is 26.4 Å². The monoisotopic (exact) mass is 247 g/mol. The van der Waals surface area contributed by atoms with Crippen molar-refractivity contribution in [3.05, 3.63) is 41.5 Å². The van der Waals surface area contributed by atoms with Gasteiger partial charge in [0, 0.05) is 13.7 Å². The summed E-state index contributed by atoms with van der Waals surface area (Å²) in [6.45, 7) is 5.22. The molecule has 100 valence electrons. The van der Waals surface area contributed by atoms with Crippen molar-refractivity contribution in [2.24, 2.45) is 0 Å². The average molecular weight is 247 g/mol. The number of rotatable bonds is 6. The normalized spacial score (nSPS) is 14.0. The van der Waals surface area contributed by atoms with Crippen molar-refractivity contribution in [2.75, 3.05) is 27.7 Å². The largest absolute Gasteiger partial charge is 0.375 e. The summed E-state index contributed by atoms with van der Waals surface area (Å²) in [5, 5.41) is 0. The molecule has 1 atom stereocenters. The van der Waals surface area contributed by atoms with Crippen molar-refractivity contribution in [1.29, 1.82) is 0 Å². The lowest BCUT2D eigenvalue weighted by atomic mass is 9.95. The van der Waals surface area contributed by atoms with Crippen LogP contribution >= 0.6 is 0 Å². The fourth-order valence-electron chi connectivity index (χ4n) is 2.16. The van der Waals surface area contributed by atoms with E-state index in [-0.39, 0.29) is 6.10 Å². The molecule has 1 aromatic rings. The maximum Gasteiger partial charge on any atom is 0.0950 e. The first-order valence-corrected chi connectivity index (χ1v) is 6.53. The molecule has 0 bridgehead atoms. The van der Waals surface area contributed by atoms with Crippen molar-refractivity contribution >= 4 is 5.57 Å². The summed E-state index contributed by atoms with van der Waals surface area (Å²) >= 11 is 0. The smallest absolute Gasteiger partial charge is 0.0950 e. The zero-order valence-electron chi connectivity index (χ0n) is 12.2. The van der Waals surface area contributed by atoms with Crippen LogP contribution in [-0.2, 0) is 4.74 Å². The number of ether oxygens (including phenoxy) is 1. The fourth-order valence-corrected chi connectivity index (χ4v) is 2.16. The molecule has 1 rings (SSSR count). The number of aryl methyl sites for hydroxylation is 1. The second-order valence-electron chi connectivity index (χ2n) is 4.87. The van der Waals surface area contributed by atoms with Gasteiger partial charge in [0.25, 0.3) is 0 Å². The molecular weight excluding hydrogens is 222 g/mol. The van der Waals surface area contributed by atoms with Gasteiger partial charge in [-0.2, -0.15) is 0 Å². The Bertz CT molecular complexity index is 396. The third kappa shape index (κ3) is 3.97. The number of methoxy groups -OCH3 is 1. The number of hydrogen-bond acceptors (Lipinski definition) is 2. The Morgan fingerprint density at radius 2 is 2.00 bits per heavy atom. The van der Waals surface area contributed by atoms with Gasteiger partial charge < -0.3 is 9.64 Å². The van der Waals surface area contributed by atoms with Crippen molar-refractivity contribution in [1.82, 2.24) is 4.90 Å². The maximum absolute atomic E-state index is 5.68. The van der Waals surface area contributed by atoms with Gasteiger partial charge >= 0.3 is 0 Å². The Morgan fingerprint density at radius 1 is 1.33 bits per heavy atom. The van der Waals surface area contributed by atoms with E-state index in [2.05, 4.69) is 63.2 Å². The summed E-state index contributed by atoms with van der Waals surface area (Å²) in [5.74, 6) is 0. The van der Waals surface area contributed by atoms with E-state index < -0.39 is 0 Å². The second-order valence-corrected chi connectivity index (χ2v) is 4.87. The Kier molecular flexibility index (Phi) is 6.10. The molecule has 2 heteroatoms. The topological polar surface area (TPSA) is 12.5 Å². The fraction of sp³-hybridized carbons (Fsp3) is 0.500. The minimum Gasteiger partial charge on any atom is -0.375 e. The van der Waals surface area contributed by atoms with Gasteiger partial charge in [-0.1, -0.05) is 37.3 Å². The van der Waals surface area contributed by atoms with Gasteiger partial charge in [-0.15, -0.1) is 0 Å². The van der Waals surface area contributed by atoms with Crippen LogP contribution in [0.25, 0.3) is 5.57 Å². The lowest BCUT2D eigenvalue weighted by Gasteiger charge is -2.24. The molecule has 0 aliphatic rings. The minimum atomic E-state index is 0.126. The summed E-state index contributed by atoms with van der Waals surface area (Å²) in [6.07, 6.45) is 3.43. The van der Waals surface area contributed by atoms with Crippen LogP contribution in [0.5, 0.6) is 0 Å². The van der Waals surface area contributed by atoms with Gasteiger partial charge in [-0.25, -0.2) is 0 Å². The molecule has 0 heterocycles. The van der Waals surface area contributed by atoms with E-state index in [1.165, 1.54) is 16.7 Å². The molecule has 0 N–H and O–H groups in total. The first-order valence-electron chi connectivity index (χ1n) is 6.53. The molecule has 0 fully saturated rings. The molecule has 0 spiro atoms. The molecule has 0 saturated heterocycles. The maximum atomic E-state index is 5.68. The van der Waals surface area contributed by atoms with Crippen LogP contribution in [0.15, 0.2) is 30.3 Å². The average Bonchev–Trinajstić information content (AvgIpc) is 2.34. The molecule has 1 unspecified atom stereocenters. The predicted molar refractivity (Wildman–Crippen MR) is 78.8 cm³/mol. The summed E-state index contributed by atoms with van der Waals surface area (Å²) in [7, 11) is 5.94. The number of benzene rings is 1. The molecule has 0 amide bonds. The molecule has 2 nitrogen and oxygen atoms in total. The van der Waals surface area contributed by atoms with Crippen LogP contribution in [0, 0.1) is 6.92 Å². The van der Waals surface area contributed by atoms with E-state index in [1.54, 1.807) is 7.11 Å². The summed E-state index contributed by atoms with van der Waals surface area (Å²) in [5.41, 5.74) is 3.90. The van der Waals surface area contributed by atoms with Crippen LogP contribution in [0.2, 0.25) is 0 Å². The lowest BCUT2D eigenvalue weighted by molar-refractivity contribution is 0.121. The molecular formula is C16H25NO. The van der Waals surface area contributed by atoms with E-state index in [9.17, 15) is 0 Å². The zero-order valence-corrected chi connectivity index (χ0v) is 12.2. The SMILES string of the molecule is CC/C=C(\c1ccccc1C)C(CN(C)C)OC. The van der Waals surface area contributed by atoms with Gasteiger partial charge in [-0.3, -0.25) is 0 Å². The van der Waals surface area contributed by atoms with Crippen molar-refractivity contribution < 1.29 is 4.74 Å². The van der Waals surface area contributed by atoms with Crippen LogP contribution in [0.1, 0.15) is 24.5 Å². The summed E-state index contributed by atoms with van der Waals surface area (Å²) in [4.78, 5) is 2.16. The van der Waals surface area contributed by atoms with Gasteiger partial charge in [0.2, 0.25) is 0 Å². The quantitative estimate of drug-likeness (QED) is 0.764. The Labute approximate surface area is 111 Å². The minimum absolute atomic E-state index is 0.126. The van der Waals surface area contributed by atoms with Crippen LogP contribution in [0.3, 0.4) is 0 Å². The third-order valence-electron chi connectivity index (χ3n) is 3.04. The van der Waals surface area contributed by atoms with Gasteiger partial charge in [0.1, 0.15) is 0 Å². The van der Waals surface area contributed by atoms with Crippen LogP contribution < -0.4 is 0 Å². The molecule has 18 heavy (non-hydrogen) atoms. The first kappa shape index (κ1) is 14.9. The number of likely N-dealkylation sites (N-methyl/N-ethyl adjacent to an activating group) is 1. The Hall–Kier alpha value is -1.12. The molecule has 0 aliphatic carbocycles. The first-order chi connectivity index (χ1) is 8.60. The molecule has 0 aliphatic heterocycles.